The molecule has 0 saturated carbocycles. The summed E-state index contributed by atoms with van der Waals surface area (Å²) in [5.41, 5.74) is 2.14. The fourth-order valence-corrected chi connectivity index (χ4v) is 3.44. The number of methoxy groups -OCH3 is 1. The Morgan fingerprint density at radius 2 is 1.72 bits per heavy atom. The summed E-state index contributed by atoms with van der Waals surface area (Å²) in [5.74, 6) is 0.622. The highest BCUT2D eigenvalue weighted by Gasteiger charge is 2.16. The fourth-order valence-electron chi connectivity index (χ4n) is 2.59. The molecule has 156 valence electrons. The first-order valence-electron chi connectivity index (χ1n) is 9.24. The highest BCUT2D eigenvalue weighted by atomic mass is 35.5. The number of halogens is 1. The lowest BCUT2D eigenvalue weighted by molar-refractivity contribution is -0.118. The molecule has 0 radical (unpaired) electrons. The van der Waals surface area contributed by atoms with Crippen molar-refractivity contribution in [3.63, 3.8) is 0 Å². The molecule has 0 unspecified atom stereocenters. The van der Waals surface area contributed by atoms with Gasteiger partial charge in [0.15, 0.2) is 0 Å². The van der Waals surface area contributed by atoms with E-state index in [4.69, 9.17) is 16.3 Å². The van der Waals surface area contributed by atoms with E-state index in [-0.39, 0.29) is 23.0 Å². The maximum Gasteiger partial charge on any atom is 0.234 e. The van der Waals surface area contributed by atoms with Crippen molar-refractivity contribution in [2.45, 2.75) is 39.0 Å². The van der Waals surface area contributed by atoms with Crippen molar-refractivity contribution < 1.29 is 14.3 Å². The van der Waals surface area contributed by atoms with Crippen LogP contribution in [0.15, 0.2) is 41.3 Å². The summed E-state index contributed by atoms with van der Waals surface area (Å²) >= 11 is 7.51. The molecular formula is C22H27ClN2O3S. The number of rotatable bonds is 7. The molecule has 7 heteroatoms. The van der Waals surface area contributed by atoms with Gasteiger partial charge in [-0.3, -0.25) is 9.59 Å². The summed E-state index contributed by atoms with van der Waals surface area (Å²) in [6.45, 7) is 7.95. The SMILES string of the molecule is COc1cc(Cl)c(C)cc1NC(=O)CSc1ccc(NC(=O)CC(C)(C)C)cc1. The Morgan fingerprint density at radius 3 is 2.31 bits per heavy atom. The minimum atomic E-state index is -0.141. The number of amides is 2. The van der Waals surface area contributed by atoms with Gasteiger partial charge in [-0.25, -0.2) is 0 Å². The zero-order valence-electron chi connectivity index (χ0n) is 17.4. The molecule has 0 aliphatic rings. The van der Waals surface area contributed by atoms with E-state index >= 15 is 0 Å². The smallest absolute Gasteiger partial charge is 0.234 e. The van der Waals surface area contributed by atoms with Crippen LogP contribution in [0.1, 0.15) is 32.8 Å². The number of anilines is 2. The number of thioether (sulfide) groups is 1. The average Bonchev–Trinajstić information content (AvgIpc) is 2.62. The second-order valence-electron chi connectivity index (χ2n) is 7.95. The second kappa shape index (κ2) is 10.0. The van der Waals surface area contributed by atoms with Crippen molar-refractivity contribution in [3.8, 4) is 5.75 Å². The van der Waals surface area contributed by atoms with Gasteiger partial charge in [-0.05, 0) is 48.2 Å². The quantitative estimate of drug-likeness (QED) is 0.543. The number of carbonyl (C=O) groups excluding carboxylic acids is 2. The zero-order valence-corrected chi connectivity index (χ0v) is 19.0. The minimum absolute atomic E-state index is 0.00974. The second-order valence-corrected chi connectivity index (χ2v) is 9.40. The van der Waals surface area contributed by atoms with Crippen LogP contribution in [0, 0.1) is 12.3 Å². The van der Waals surface area contributed by atoms with Crippen molar-refractivity contribution in [3.05, 3.63) is 47.0 Å². The van der Waals surface area contributed by atoms with Crippen LogP contribution in [0.5, 0.6) is 5.75 Å². The van der Waals surface area contributed by atoms with Gasteiger partial charge in [0.2, 0.25) is 11.8 Å². The van der Waals surface area contributed by atoms with Crippen molar-refractivity contribution in [1.29, 1.82) is 0 Å². The molecule has 0 aliphatic carbocycles. The van der Waals surface area contributed by atoms with Crippen molar-refractivity contribution in [1.82, 2.24) is 0 Å². The van der Waals surface area contributed by atoms with Gasteiger partial charge in [-0.1, -0.05) is 32.4 Å². The fraction of sp³-hybridized carbons (Fsp3) is 0.364. The molecular weight excluding hydrogens is 408 g/mol. The molecule has 0 fully saturated rings. The average molecular weight is 435 g/mol. The van der Waals surface area contributed by atoms with Crippen LogP contribution in [-0.4, -0.2) is 24.7 Å². The van der Waals surface area contributed by atoms with Crippen LogP contribution < -0.4 is 15.4 Å². The summed E-state index contributed by atoms with van der Waals surface area (Å²) in [6.07, 6.45) is 0.456. The number of carbonyl (C=O) groups is 2. The van der Waals surface area contributed by atoms with Crippen LogP contribution in [0.4, 0.5) is 11.4 Å². The summed E-state index contributed by atoms with van der Waals surface area (Å²) in [4.78, 5) is 25.3. The van der Waals surface area contributed by atoms with E-state index in [1.165, 1.54) is 18.9 Å². The largest absolute Gasteiger partial charge is 0.495 e. The van der Waals surface area contributed by atoms with Crippen LogP contribution in [0.25, 0.3) is 0 Å². The first kappa shape index (κ1) is 23.1. The number of aryl methyl sites for hydroxylation is 1. The molecule has 0 aliphatic heterocycles. The lowest BCUT2D eigenvalue weighted by Gasteiger charge is -2.17. The molecule has 2 N–H and O–H groups in total. The third-order valence-electron chi connectivity index (χ3n) is 3.95. The van der Waals surface area contributed by atoms with E-state index in [1.54, 1.807) is 12.1 Å². The van der Waals surface area contributed by atoms with Gasteiger partial charge in [0.1, 0.15) is 5.75 Å². The lowest BCUT2D eigenvalue weighted by Crippen LogP contribution is -2.19. The molecule has 5 nitrogen and oxygen atoms in total. The number of benzene rings is 2. The van der Waals surface area contributed by atoms with Gasteiger partial charge >= 0.3 is 0 Å². The van der Waals surface area contributed by atoms with E-state index in [0.717, 1.165) is 16.1 Å². The molecule has 0 aromatic heterocycles. The first-order valence-corrected chi connectivity index (χ1v) is 10.6. The van der Waals surface area contributed by atoms with Gasteiger partial charge in [0.05, 0.1) is 18.6 Å². The van der Waals surface area contributed by atoms with Gasteiger partial charge < -0.3 is 15.4 Å². The Hall–Kier alpha value is -2.18. The molecule has 29 heavy (non-hydrogen) atoms. The molecule has 0 spiro atoms. The van der Waals surface area contributed by atoms with Gasteiger partial charge in [0.25, 0.3) is 0 Å². The van der Waals surface area contributed by atoms with Crippen LogP contribution in [0.3, 0.4) is 0 Å². The number of hydrogen-bond acceptors (Lipinski definition) is 4. The molecule has 0 saturated heterocycles. The molecule has 2 amide bonds. The predicted octanol–water partition coefficient (Wildman–Crippen LogP) is 5.76. The summed E-state index contributed by atoms with van der Waals surface area (Å²) in [6, 6.07) is 10.9. The number of nitrogens with one attached hydrogen (secondary N) is 2. The standard InChI is InChI=1S/C22H27ClN2O3S/c1-14-10-18(19(28-5)11-17(14)23)25-21(27)13-29-16-8-6-15(7-9-16)24-20(26)12-22(2,3)4/h6-11H,12-13H2,1-5H3,(H,24,26)(H,25,27). The molecule has 0 bridgehead atoms. The predicted molar refractivity (Wildman–Crippen MR) is 121 cm³/mol. The van der Waals surface area contributed by atoms with Crippen molar-refractivity contribution in [2.75, 3.05) is 23.5 Å². The Bertz CT molecular complexity index is 877. The topological polar surface area (TPSA) is 67.4 Å². The Balaban J connectivity index is 1.89. The molecule has 0 heterocycles. The Labute approximate surface area is 181 Å². The Morgan fingerprint density at radius 1 is 1.07 bits per heavy atom. The molecule has 2 rings (SSSR count). The van der Waals surface area contributed by atoms with Crippen LogP contribution in [0.2, 0.25) is 5.02 Å². The molecule has 2 aromatic carbocycles. The Kier molecular flexibility index (Phi) is 7.99. The van der Waals surface area contributed by atoms with E-state index < -0.39 is 0 Å². The van der Waals surface area contributed by atoms with Gasteiger partial charge in [0, 0.05) is 28.1 Å². The highest BCUT2D eigenvalue weighted by Crippen LogP contribution is 2.31. The third-order valence-corrected chi connectivity index (χ3v) is 5.37. The number of ether oxygens (including phenoxy) is 1. The van der Waals surface area contributed by atoms with Gasteiger partial charge in [-0.2, -0.15) is 0 Å². The van der Waals surface area contributed by atoms with Crippen LogP contribution >= 0.6 is 23.4 Å². The first-order chi connectivity index (χ1) is 13.6. The lowest BCUT2D eigenvalue weighted by atomic mass is 9.92. The van der Waals surface area contributed by atoms with Crippen molar-refractivity contribution in [2.24, 2.45) is 5.41 Å². The van der Waals surface area contributed by atoms with E-state index in [2.05, 4.69) is 10.6 Å². The maximum atomic E-state index is 12.3. The summed E-state index contributed by atoms with van der Waals surface area (Å²) in [7, 11) is 1.53. The third kappa shape index (κ3) is 7.63. The summed E-state index contributed by atoms with van der Waals surface area (Å²) < 4.78 is 5.28. The summed E-state index contributed by atoms with van der Waals surface area (Å²) in [5, 5.41) is 6.34. The van der Waals surface area contributed by atoms with E-state index in [9.17, 15) is 9.59 Å². The monoisotopic (exact) mass is 434 g/mol. The van der Waals surface area contributed by atoms with Crippen LogP contribution in [-0.2, 0) is 9.59 Å². The van der Waals surface area contributed by atoms with Gasteiger partial charge in [-0.15, -0.1) is 11.8 Å². The van der Waals surface area contributed by atoms with E-state index in [0.29, 0.717) is 22.9 Å². The number of hydrogen-bond donors (Lipinski definition) is 2. The molecule has 0 atom stereocenters. The maximum absolute atomic E-state index is 12.3. The van der Waals surface area contributed by atoms with E-state index in [1.807, 2.05) is 52.0 Å². The minimum Gasteiger partial charge on any atom is -0.495 e. The van der Waals surface area contributed by atoms with Crippen molar-refractivity contribution >= 4 is 46.6 Å². The highest BCUT2D eigenvalue weighted by molar-refractivity contribution is 8.00. The zero-order chi connectivity index (χ0) is 21.6. The normalized spacial score (nSPS) is 11.1. The molecule has 2 aromatic rings.